The minimum Gasteiger partial charge on any atom is -0.493 e. The highest BCUT2D eigenvalue weighted by atomic mass is 16.7. The highest BCUT2D eigenvalue weighted by Gasteiger charge is 2.33. The molecule has 1 aromatic carbocycles. The summed E-state index contributed by atoms with van der Waals surface area (Å²) in [5.74, 6) is 1.41. The van der Waals surface area contributed by atoms with Crippen LogP contribution in [0.1, 0.15) is 5.56 Å². The molecule has 0 radical (unpaired) electrons. The molecular weight excluding hydrogens is 222 g/mol. The van der Waals surface area contributed by atoms with Crippen molar-refractivity contribution >= 4 is 5.70 Å². The van der Waals surface area contributed by atoms with Gasteiger partial charge in [-0.3, -0.25) is 10.3 Å². The average molecular weight is 235 g/mol. The average Bonchev–Trinajstić information content (AvgIpc) is 2.81. The third-order valence-electron chi connectivity index (χ3n) is 3.02. The summed E-state index contributed by atoms with van der Waals surface area (Å²) in [6, 6.07) is 5.68. The number of hydroxylamine groups is 1. The van der Waals surface area contributed by atoms with Crippen molar-refractivity contribution in [2.45, 2.75) is 6.10 Å². The van der Waals surface area contributed by atoms with Gasteiger partial charge in [0.1, 0.15) is 12.7 Å². The molecule has 2 N–H and O–H groups in total. The third-order valence-corrected chi connectivity index (χ3v) is 3.02. The van der Waals surface area contributed by atoms with Gasteiger partial charge in [-0.05, 0) is 12.1 Å². The van der Waals surface area contributed by atoms with E-state index in [4.69, 9.17) is 14.3 Å². The van der Waals surface area contributed by atoms with Crippen molar-refractivity contribution in [1.29, 1.82) is 0 Å². The Morgan fingerprint density at radius 2 is 2.41 bits per heavy atom. The van der Waals surface area contributed by atoms with Crippen LogP contribution in [-0.4, -0.2) is 31.5 Å². The van der Waals surface area contributed by atoms with Crippen LogP contribution < -0.4 is 15.0 Å². The molecule has 0 aromatic heterocycles. The molecule has 0 saturated heterocycles. The third kappa shape index (κ3) is 1.47. The molecule has 2 heterocycles. The summed E-state index contributed by atoms with van der Waals surface area (Å²) in [6.07, 6.45) is -0.329. The fourth-order valence-corrected chi connectivity index (χ4v) is 2.14. The van der Waals surface area contributed by atoms with Gasteiger partial charge in [0.25, 0.3) is 0 Å². The molecule has 90 valence electrons. The van der Waals surface area contributed by atoms with Crippen LogP contribution in [0.4, 0.5) is 0 Å². The van der Waals surface area contributed by atoms with E-state index in [1.165, 1.54) is 0 Å². The van der Waals surface area contributed by atoms with Crippen LogP contribution in [0.25, 0.3) is 5.70 Å². The molecule has 17 heavy (non-hydrogen) atoms. The van der Waals surface area contributed by atoms with Crippen molar-refractivity contribution in [3.63, 3.8) is 0 Å². The Kier molecular flexibility index (Phi) is 2.42. The van der Waals surface area contributed by atoms with Gasteiger partial charge in [0.15, 0.2) is 11.5 Å². The van der Waals surface area contributed by atoms with Gasteiger partial charge in [-0.25, -0.2) is 0 Å². The van der Waals surface area contributed by atoms with Gasteiger partial charge < -0.3 is 14.6 Å². The van der Waals surface area contributed by atoms with E-state index in [0.29, 0.717) is 18.1 Å². The van der Waals surface area contributed by atoms with Gasteiger partial charge in [-0.15, -0.1) is 0 Å². The number of hydrogen-bond donors (Lipinski definition) is 2. The lowest BCUT2D eigenvalue weighted by Crippen LogP contribution is -2.21. The van der Waals surface area contributed by atoms with Crippen LogP contribution in [0.2, 0.25) is 0 Å². The Balaban J connectivity index is 2.10. The monoisotopic (exact) mass is 235 g/mol. The van der Waals surface area contributed by atoms with E-state index in [2.05, 4.69) is 5.48 Å². The minimum absolute atomic E-state index is 0.0610. The first-order valence-electron chi connectivity index (χ1n) is 5.41. The quantitative estimate of drug-likeness (QED) is 0.790. The summed E-state index contributed by atoms with van der Waals surface area (Å²) >= 11 is 0. The summed E-state index contributed by atoms with van der Waals surface area (Å²) < 4.78 is 10.9. The van der Waals surface area contributed by atoms with Crippen LogP contribution in [0.15, 0.2) is 23.8 Å². The van der Waals surface area contributed by atoms with E-state index in [1.807, 2.05) is 18.2 Å². The minimum atomic E-state index is -0.329. The molecule has 1 unspecified atom stereocenters. The van der Waals surface area contributed by atoms with E-state index >= 15 is 0 Å². The molecule has 0 bridgehead atoms. The number of nitrogens with one attached hydrogen (secondary N) is 1. The number of fused-ring (bicyclic) bond motifs is 2. The van der Waals surface area contributed by atoms with Crippen LogP contribution >= 0.6 is 0 Å². The van der Waals surface area contributed by atoms with E-state index in [-0.39, 0.29) is 12.7 Å². The molecule has 0 spiro atoms. The zero-order valence-corrected chi connectivity index (χ0v) is 9.40. The molecule has 0 amide bonds. The normalized spacial score (nSPS) is 21.4. The maximum Gasteiger partial charge on any atom is 0.171 e. The standard InChI is InChI=1S/C12H13NO4/c1-15-9-4-2-3-7-11-8(6-16-12(7)9)10(5-14)17-13-11/h2-4,10,13-14H,5-6H2,1H3. The van der Waals surface area contributed by atoms with Gasteiger partial charge in [0.05, 0.1) is 19.4 Å². The molecule has 0 aliphatic carbocycles. The fraction of sp³-hybridized carbons (Fsp3) is 0.333. The first-order valence-corrected chi connectivity index (χ1v) is 5.41. The van der Waals surface area contributed by atoms with Crippen molar-refractivity contribution in [2.75, 3.05) is 20.3 Å². The predicted molar refractivity (Wildman–Crippen MR) is 60.5 cm³/mol. The molecule has 1 atom stereocenters. The summed E-state index contributed by atoms with van der Waals surface area (Å²) in [7, 11) is 1.61. The zero-order valence-electron chi connectivity index (χ0n) is 9.40. The first-order chi connectivity index (χ1) is 8.35. The van der Waals surface area contributed by atoms with Crippen molar-refractivity contribution in [1.82, 2.24) is 5.48 Å². The first kappa shape index (κ1) is 10.4. The predicted octanol–water partition coefficient (Wildman–Crippen LogP) is 0.694. The number of rotatable bonds is 2. The lowest BCUT2D eigenvalue weighted by molar-refractivity contribution is 0.0105. The van der Waals surface area contributed by atoms with E-state index in [0.717, 1.165) is 16.8 Å². The SMILES string of the molecule is COc1cccc2c1OCC1=C2NOC1CO. The molecule has 0 saturated carbocycles. The van der Waals surface area contributed by atoms with Gasteiger partial charge in [0.2, 0.25) is 0 Å². The van der Waals surface area contributed by atoms with Crippen LogP contribution in [0.5, 0.6) is 11.5 Å². The topological polar surface area (TPSA) is 60.0 Å². The number of aliphatic hydroxyl groups is 1. The lowest BCUT2D eigenvalue weighted by Gasteiger charge is -2.21. The van der Waals surface area contributed by atoms with Gasteiger partial charge >= 0.3 is 0 Å². The van der Waals surface area contributed by atoms with E-state index in [1.54, 1.807) is 7.11 Å². The second-order valence-corrected chi connectivity index (χ2v) is 3.92. The highest BCUT2D eigenvalue weighted by molar-refractivity contribution is 5.77. The Hall–Kier alpha value is -1.72. The lowest BCUT2D eigenvalue weighted by atomic mass is 10.0. The van der Waals surface area contributed by atoms with Crippen molar-refractivity contribution in [3.8, 4) is 11.5 Å². The Bertz CT molecular complexity index is 483. The maximum absolute atomic E-state index is 9.17. The largest absolute Gasteiger partial charge is 0.493 e. The molecule has 5 nitrogen and oxygen atoms in total. The Morgan fingerprint density at radius 1 is 1.53 bits per heavy atom. The van der Waals surface area contributed by atoms with Crippen LogP contribution in [0.3, 0.4) is 0 Å². The molecule has 1 aromatic rings. The summed E-state index contributed by atoms with van der Waals surface area (Å²) in [4.78, 5) is 5.28. The van der Waals surface area contributed by atoms with Crippen LogP contribution in [0, 0.1) is 0 Å². The highest BCUT2D eigenvalue weighted by Crippen LogP contribution is 2.41. The summed E-state index contributed by atoms with van der Waals surface area (Å²) in [5, 5.41) is 9.17. The molecule has 5 heteroatoms. The van der Waals surface area contributed by atoms with Gasteiger partial charge in [-0.2, -0.15) is 0 Å². The number of aliphatic hydroxyl groups excluding tert-OH is 1. The second-order valence-electron chi connectivity index (χ2n) is 3.92. The van der Waals surface area contributed by atoms with E-state index in [9.17, 15) is 5.11 Å². The molecular formula is C12H13NO4. The van der Waals surface area contributed by atoms with Gasteiger partial charge in [-0.1, -0.05) is 6.07 Å². The van der Waals surface area contributed by atoms with Crippen LogP contribution in [-0.2, 0) is 4.84 Å². The van der Waals surface area contributed by atoms with E-state index < -0.39 is 0 Å². The Labute approximate surface area is 98.6 Å². The maximum atomic E-state index is 9.17. The van der Waals surface area contributed by atoms with Crippen molar-refractivity contribution in [2.24, 2.45) is 0 Å². The Morgan fingerprint density at radius 3 is 3.18 bits per heavy atom. The number of hydrogen-bond acceptors (Lipinski definition) is 5. The summed E-state index contributed by atoms with van der Waals surface area (Å²) in [6.45, 7) is 0.343. The van der Waals surface area contributed by atoms with Gasteiger partial charge in [0, 0.05) is 11.1 Å². The second kappa shape index (κ2) is 3.94. The number of ether oxygens (including phenoxy) is 2. The summed E-state index contributed by atoms with van der Waals surface area (Å²) in [5.41, 5.74) is 5.57. The zero-order chi connectivity index (χ0) is 11.8. The number of para-hydroxylation sites is 1. The molecule has 0 fully saturated rings. The number of benzene rings is 1. The number of methoxy groups -OCH3 is 1. The smallest absolute Gasteiger partial charge is 0.171 e. The van der Waals surface area contributed by atoms with Crippen molar-refractivity contribution < 1.29 is 19.4 Å². The van der Waals surface area contributed by atoms with Crippen molar-refractivity contribution in [3.05, 3.63) is 29.3 Å². The molecule has 3 rings (SSSR count). The molecule has 2 aliphatic rings. The fourth-order valence-electron chi connectivity index (χ4n) is 2.14. The molecule has 2 aliphatic heterocycles.